The highest BCUT2D eigenvalue weighted by atomic mass is 16.5. The Morgan fingerprint density at radius 2 is 2.05 bits per heavy atom. The lowest BCUT2D eigenvalue weighted by Crippen LogP contribution is -2.49. The van der Waals surface area contributed by atoms with Crippen molar-refractivity contribution in [2.24, 2.45) is 0 Å². The van der Waals surface area contributed by atoms with Crippen molar-refractivity contribution in [2.45, 2.75) is 59.6 Å². The Morgan fingerprint density at radius 3 is 2.67 bits per heavy atom. The number of nitrogens with zero attached hydrogens (tertiary/aromatic N) is 3. The lowest BCUT2D eigenvalue weighted by atomic mass is 10.1. The summed E-state index contributed by atoms with van der Waals surface area (Å²) in [6.45, 7) is 13.2. The lowest BCUT2D eigenvalue weighted by Gasteiger charge is -2.40. The van der Waals surface area contributed by atoms with Crippen LogP contribution in [0.15, 0.2) is 0 Å². The second kappa shape index (κ2) is 7.07. The minimum absolute atomic E-state index is 0.245. The maximum absolute atomic E-state index is 5.81. The predicted octanol–water partition coefficient (Wildman–Crippen LogP) is 2.78. The van der Waals surface area contributed by atoms with Crippen LogP contribution in [-0.4, -0.2) is 41.8 Å². The first-order valence-corrected chi connectivity index (χ1v) is 8.10. The highest BCUT2D eigenvalue weighted by Crippen LogP contribution is 2.28. The van der Waals surface area contributed by atoms with E-state index in [2.05, 4.69) is 49.8 Å². The first-order valence-electron chi connectivity index (χ1n) is 8.10. The van der Waals surface area contributed by atoms with Gasteiger partial charge in [-0.3, -0.25) is 0 Å². The standard InChI is InChI=1S/C16H28N4O/c1-6-13-10-21-11(4)9-20(13)16-12(5)15(17-8-3)18-14(7-2)19-16/h11,13H,6-10H2,1-5H3,(H,17,18,19). The van der Waals surface area contributed by atoms with E-state index in [1.807, 2.05) is 0 Å². The van der Waals surface area contributed by atoms with Gasteiger partial charge in [-0.05, 0) is 27.2 Å². The van der Waals surface area contributed by atoms with Crippen molar-refractivity contribution in [3.8, 4) is 0 Å². The van der Waals surface area contributed by atoms with E-state index in [-0.39, 0.29) is 6.10 Å². The van der Waals surface area contributed by atoms with Gasteiger partial charge in [-0.2, -0.15) is 0 Å². The first-order chi connectivity index (χ1) is 10.1. The third-order valence-electron chi connectivity index (χ3n) is 4.04. The van der Waals surface area contributed by atoms with Crippen molar-refractivity contribution in [1.29, 1.82) is 0 Å². The molecule has 1 N–H and O–H groups in total. The van der Waals surface area contributed by atoms with Crippen molar-refractivity contribution < 1.29 is 4.74 Å². The third-order valence-corrected chi connectivity index (χ3v) is 4.04. The van der Waals surface area contributed by atoms with Gasteiger partial charge in [0.25, 0.3) is 0 Å². The quantitative estimate of drug-likeness (QED) is 0.904. The van der Waals surface area contributed by atoms with E-state index < -0.39 is 0 Å². The molecular weight excluding hydrogens is 264 g/mol. The molecule has 1 aliphatic heterocycles. The fourth-order valence-corrected chi connectivity index (χ4v) is 2.77. The zero-order chi connectivity index (χ0) is 15.4. The number of nitrogens with one attached hydrogen (secondary N) is 1. The first kappa shape index (κ1) is 16.0. The van der Waals surface area contributed by atoms with Gasteiger partial charge in [0.05, 0.1) is 18.8 Å². The number of rotatable bonds is 5. The summed E-state index contributed by atoms with van der Waals surface area (Å²) >= 11 is 0. The Labute approximate surface area is 128 Å². The SMILES string of the molecule is CCNc1nc(CC)nc(N2CC(C)OCC2CC)c1C. The largest absolute Gasteiger partial charge is 0.375 e. The van der Waals surface area contributed by atoms with Gasteiger partial charge in [-0.1, -0.05) is 13.8 Å². The molecule has 1 fully saturated rings. The molecule has 0 aromatic carbocycles. The Morgan fingerprint density at radius 1 is 1.29 bits per heavy atom. The molecule has 1 aromatic rings. The van der Waals surface area contributed by atoms with Crippen LogP contribution in [-0.2, 0) is 11.2 Å². The van der Waals surface area contributed by atoms with Crippen LogP contribution in [0.1, 0.15) is 45.5 Å². The average Bonchev–Trinajstić information content (AvgIpc) is 2.49. The summed E-state index contributed by atoms with van der Waals surface area (Å²) in [7, 11) is 0. The molecule has 0 radical (unpaired) electrons. The highest BCUT2D eigenvalue weighted by molar-refractivity contribution is 5.59. The van der Waals surface area contributed by atoms with Crippen LogP contribution in [0.2, 0.25) is 0 Å². The molecule has 5 heteroatoms. The minimum Gasteiger partial charge on any atom is -0.375 e. The van der Waals surface area contributed by atoms with Crippen LogP contribution >= 0.6 is 0 Å². The molecule has 1 aliphatic rings. The highest BCUT2D eigenvalue weighted by Gasteiger charge is 2.28. The Kier molecular flexibility index (Phi) is 5.39. The molecule has 5 nitrogen and oxygen atoms in total. The van der Waals surface area contributed by atoms with Gasteiger partial charge in [-0.25, -0.2) is 9.97 Å². The molecule has 2 heterocycles. The van der Waals surface area contributed by atoms with E-state index in [0.717, 1.165) is 55.6 Å². The average molecular weight is 292 g/mol. The summed E-state index contributed by atoms with van der Waals surface area (Å²) in [5, 5.41) is 3.37. The van der Waals surface area contributed by atoms with Crippen LogP contribution in [0.3, 0.4) is 0 Å². The number of morpholine rings is 1. The second-order valence-electron chi connectivity index (χ2n) is 5.68. The molecule has 2 atom stereocenters. The van der Waals surface area contributed by atoms with Crippen molar-refractivity contribution >= 4 is 11.6 Å². The molecule has 1 aromatic heterocycles. The van der Waals surface area contributed by atoms with E-state index in [1.54, 1.807) is 0 Å². The van der Waals surface area contributed by atoms with Gasteiger partial charge in [0.15, 0.2) is 0 Å². The summed E-state index contributed by atoms with van der Waals surface area (Å²) in [5.41, 5.74) is 1.14. The molecule has 21 heavy (non-hydrogen) atoms. The molecule has 0 saturated carbocycles. The topological polar surface area (TPSA) is 50.3 Å². The van der Waals surface area contributed by atoms with Crippen LogP contribution in [0.4, 0.5) is 11.6 Å². The summed E-state index contributed by atoms with van der Waals surface area (Å²) in [4.78, 5) is 11.8. The van der Waals surface area contributed by atoms with E-state index in [9.17, 15) is 0 Å². The fourth-order valence-electron chi connectivity index (χ4n) is 2.77. The van der Waals surface area contributed by atoms with Gasteiger partial charge in [0, 0.05) is 25.1 Å². The van der Waals surface area contributed by atoms with E-state index in [4.69, 9.17) is 9.72 Å². The molecular formula is C16H28N4O. The van der Waals surface area contributed by atoms with E-state index in [1.165, 1.54) is 0 Å². The molecule has 0 aliphatic carbocycles. The second-order valence-corrected chi connectivity index (χ2v) is 5.68. The third kappa shape index (κ3) is 3.46. The van der Waals surface area contributed by atoms with Gasteiger partial charge < -0.3 is 15.0 Å². The predicted molar refractivity (Wildman–Crippen MR) is 87.1 cm³/mol. The minimum atomic E-state index is 0.245. The van der Waals surface area contributed by atoms with Crippen LogP contribution in [0.5, 0.6) is 0 Å². The number of aromatic nitrogens is 2. The smallest absolute Gasteiger partial charge is 0.137 e. The van der Waals surface area contributed by atoms with Crippen molar-refractivity contribution in [1.82, 2.24) is 9.97 Å². The Bertz CT molecular complexity index is 478. The van der Waals surface area contributed by atoms with E-state index >= 15 is 0 Å². The van der Waals surface area contributed by atoms with Gasteiger partial charge >= 0.3 is 0 Å². The number of anilines is 2. The van der Waals surface area contributed by atoms with Gasteiger partial charge in [-0.15, -0.1) is 0 Å². The van der Waals surface area contributed by atoms with Gasteiger partial charge in [0.1, 0.15) is 17.5 Å². The Balaban J connectivity index is 2.42. The maximum Gasteiger partial charge on any atom is 0.137 e. The molecule has 1 saturated heterocycles. The lowest BCUT2D eigenvalue weighted by molar-refractivity contribution is 0.0295. The van der Waals surface area contributed by atoms with Crippen molar-refractivity contribution in [3.05, 3.63) is 11.4 Å². The molecule has 118 valence electrons. The van der Waals surface area contributed by atoms with Gasteiger partial charge in [0.2, 0.25) is 0 Å². The summed E-state index contributed by atoms with van der Waals surface area (Å²) in [5.74, 6) is 2.94. The number of ether oxygens (including phenoxy) is 1. The van der Waals surface area contributed by atoms with Crippen molar-refractivity contribution in [3.63, 3.8) is 0 Å². The monoisotopic (exact) mass is 292 g/mol. The normalized spacial score (nSPS) is 22.4. The van der Waals surface area contributed by atoms with Crippen molar-refractivity contribution in [2.75, 3.05) is 29.9 Å². The number of hydrogen-bond acceptors (Lipinski definition) is 5. The summed E-state index contributed by atoms with van der Waals surface area (Å²) in [6, 6.07) is 0.397. The van der Waals surface area contributed by atoms with Crippen LogP contribution < -0.4 is 10.2 Å². The molecule has 0 bridgehead atoms. The summed E-state index contributed by atoms with van der Waals surface area (Å²) in [6.07, 6.45) is 2.16. The number of hydrogen-bond donors (Lipinski definition) is 1. The van der Waals surface area contributed by atoms with E-state index in [0.29, 0.717) is 6.04 Å². The van der Waals surface area contributed by atoms with Crippen LogP contribution in [0, 0.1) is 6.92 Å². The molecule has 2 unspecified atom stereocenters. The fraction of sp³-hybridized carbons (Fsp3) is 0.750. The maximum atomic E-state index is 5.81. The zero-order valence-electron chi connectivity index (χ0n) is 13.9. The Hall–Kier alpha value is -1.36. The molecule has 0 spiro atoms. The summed E-state index contributed by atoms with van der Waals surface area (Å²) < 4.78 is 5.81. The molecule has 0 amide bonds. The molecule has 2 rings (SSSR count). The zero-order valence-corrected chi connectivity index (χ0v) is 13.9. The number of aryl methyl sites for hydroxylation is 1. The van der Waals surface area contributed by atoms with Crippen LogP contribution in [0.25, 0.3) is 0 Å².